The summed E-state index contributed by atoms with van der Waals surface area (Å²) in [6.07, 6.45) is 2.80. The minimum atomic E-state index is 0.997. The van der Waals surface area contributed by atoms with Crippen LogP contribution in [0.15, 0.2) is 12.5 Å². The SMILES string of the molecule is O/C=C/N1CCNCC1. The fraction of sp³-hybridized carbons (Fsp3) is 0.667. The minimum absolute atomic E-state index is 0.997. The Morgan fingerprint density at radius 3 is 2.56 bits per heavy atom. The molecule has 0 aromatic rings. The van der Waals surface area contributed by atoms with Crippen molar-refractivity contribution in [3.63, 3.8) is 0 Å². The molecule has 52 valence electrons. The largest absolute Gasteiger partial charge is 0.514 e. The fourth-order valence-electron chi connectivity index (χ4n) is 0.925. The van der Waals surface area contributed by atoms with E-state index in [0.29, 0.717) is 0 Å². The van der Waals surface area contributed by atoms with Crippen LogP contribution < -0.4 is 5.32 Å². The van der Waals surface area contributed by atoms with Crippen LogP contribution in [0.25, 0.3) is 0 Å². The van der Waals surface area contributed by atoms with Gasteiger partial charge in [0.2, 0.25) is 0 Å². The summed E-state index contributed by atoms with van der Waals surface area (Å²) in [5, 5.41) is 11.6. The second kappa shape index (κ2) is 3.35. The molecule has 0 atom stereocenters. The second-order valence-corrected chi connectivity index (χ2v) is 2.08. The Balaban J connectivity index is 2.23. The van der Waals surface area contributed by atoms with Crippen molar-refractivity contribution in [2.24, 2.45) is 0 Å². The molecule has 2 N–H and O–H groups in total. The molecule has 1 aliphatic rings. The Morgan fingerprint density at radius 2 is 2.00 bits per heavy atom. The maximum atomic E-state index is 8.38. The molecule has 1 saturated heterocycles. The quantitative estimate of drug-likeness (QED) is 0.485. The van der Waals surface area contributed by atoms with Gasteiger partial charge in [-0.05, 0) is 0 Å². The summed E-state index contributed by atoms with van der Waals surface area (Å²) in [5.74, 6) is 0. The zero-order chi connectivity index (χ0) is 6.53. The van der Waals surface area contributed by atoms with E-state index in [0.717, 1.165) is 32.4 Å². The Bertz CT molecular complexity index is 97.2. The molecule has 0 saturated carbocycles. The summed E-state index contributed by atoms with van der Waals surface area (Å²) >= 11 is 0. The number of aliphatic hydroxyl groups is 1. The van der Waals surface area contributed by atoms with Gasteiger partial charge < -0.3 is 15.3 Å². The third kappa shape index (κ3) is 1.93. The first-order valence-electron chi connectivity index (χ1n) is 3.19. The first-order chi connectivity index (χ1) is 4.43. The van der Waals surface area contributed by atoms with E-state index in [2.05, 4.69) is 10.2 Å². The third-order valence-corrected chi connectivity index (χ3v) is 1.43. The maximum Gasteiger partial charge on any atom is 0.0950 e. The summed E-state index contributed by atoms with van der Waals surface area (Å²) < 4.78 is 0. The van der Waals surface area contributed by atoms with Gasteiger partial charge in [-0.2, -0.15) is 0 Å². The van der Waals surface area contributed by atoms with Gasteiger partial charge in [0.25, 0.3) is 0 Å². The molecule has 0 unspecified atom stereocenters. The lowest BCUT2D eigenvalue weighted by Gasteiger charge is -2.24. The van der Waals surface area contributed by atoms with Crippen LogP contribution >= 0.6 is 0 Å². The highest BCUT2D eigenvalue weighted by molar-refractivity contribution is 4.78. The molecule has 1 rings (SSSR count). The van der Waals surface area contributed by atoms with Crippen LogP contribution in [0, 0.1) is 0 Å². The number of hydrogen-bond acceptors (Lipinski definition) is 3. The van der Waals surface area contributed by atoms with Gasteiger partial charge in [-0.15, -0.1) is 0 Å². The molecule has 0 aliphatic carbocycles. The number of hydrogen-bond donors (Lipinski definition) is 2. The number of rotatable bonds is 1. The Morgan fingerprint density at radius 1 is 1.33 bits per heavy atom. The predicted molar refractivity (Wildman–Crippen MR) is 36.2 cm³/mol. The van der Waals surface area contributed by atoms with Crippen molar-refractivity contribution in [2.75, 3.05) is 26.2 Å². The van der Waals surface area contributed by atoms with Crippen molar-refractivity contribution in [3.05, 3.63) is 12.5 Å². The molecule has 0 aromatic heterocycles. The molecule has 3 nitrogen and oxygen atoms in total. The van der Waals surface area contributed by atoms with Crippen molar-refractivity contribution >= 4 is 0 Å². The van der Waals surface area contributed by atoms with Gasteiger partial charge in [0.15, 0.2) is 0 Å². The molecule has 0 spiro atoms. The topological polar surface area (TPSA) is 35.5 Å². The normalized spacial score (nSPS) is 21.1. The predicted octanol–water partition coefficient (Wildman–Crippen LogP) is -0.0792. The van der Waals surface area contributed by atoms with Crippen LogP contribution in [0.1, 0.15) is 0 Å². The highest BCUT2D eigenvalue weighted by Crippen LogP contribution is 1.90. The average Bonchev–Trinajstić information content (AvgIpc) is 1.91. The summed E-state index contributed by atoms with van der Waals surface area (Å²) in [6, 6.07) is 0. The van der Waals surface area contributed by atoms with Crippen molar-refractivity contribution < 1.29 is 5.11 Å². The molecular formula is C6H12N2O. The van der Waals surface area contributed by atoms with Crippen LogP contribution in [0.4, 0.5) is 0 Å². The van der Waals surface area contributed by atoms with Crippen LogP contribution in [0.3, 0.4) is 0 Å². The van der Waals surface area contributed by atoms with Gasteiger partial charge in [-0.25, -0.2) is 0 Å². The van der Waals surface area contributed by atoms with Crippen LogP contribution in [-0.4, -0.2) is 36.2 Å². The van der Waals surface area contributed by atoms with Gasteiger partial charge in [0.05, 0.1) is 6.26 Å². The molecule has 1 heterocycles. The molecule has 1 fully saturated rings. The van der Waals surface area contributed by atoms with E-state index in [9.17, 15) is 0 Å². The molecule has 0 radical (unpaired) electrons. The van der Waals surface area contributed by atoms with E-state index in [1.54, 1.807) is 6.20 Å². The molecule has 0 amide bonds. The van der Waals surface area contributed by atoms with E-state index in [1.807, 2.05) is 0 Å². The van der Waals surface area contributed by atoms with Gasteiger partial charge in [0.1, 0.15) is 0 Å². The van der Waals surface area contributed by atoms with E-state index >= 15 is 0 Å². The first-order valence-corrected chi connectivity index (χ1v) is 3.19. The standard InChI is InChI=1S/C6H12N2O/c9-6-5-8-3-1-7-2-4-8/h5-7,9H,1-4H2/b6-5+. The van der Waals surface area contributed by atoms with Gasteiger partial charge in [-0.3, -0.25) is 0 Å². The van der Waals surface area contributed by atoms with E-state index in [1.165, 1.54) is 0 Å². The lowest BCUT2D eigenvalue weighted by Crippen LogP contribution is -2.40. The number of nitrogens with one attached hydrogen (secondary N) is 1. The van der Waals surface area contributed by atoms with Crippen LogP contribution in [0.5, 0.6) is 0 Å². The average molecular weight is 128 g/mol. The van der Waals surface area contributed by atoms with E-state index in [-0.39, 0.29) is 0 Å². The molecule has 0 bridgehead atoms. The van der Waals surface area contributed by atoms with Crippen LogP contribution in [0.2, 0.25) is 0 Å². The molecule has 0 aromatic carbocycles. The lowest BCUT2D eigenvalue weighted by molar-refractivity contribution is 0.313. The minimum Gasteiger partial charge on any atom is -0.514 e. The summed E-state index contributed by atoms with van der Waals surface area (Å²) in [6.45, 7) is 4.03. The van der Waals surface area contributed by atoms with Crippen LogP contribution in [-0.2, 0) is 0 Å². The molecule has 3 heteroatoms. The zero-order valence-electron chi connectivity index (χ0n) is 5.38. The number of piperazine rings is 1. The zero-order valence-corrected chi connectivity index (χ0v) is 5.38. The van der Waals surface area contributed by atoms with Gasteiger partial charge in [-0.1, -0.05) is 0 Å². The molecule has 9 heavy (non-hydrogen) atoms. The van der Waals surface area contributed by atoms with Gasteiger partial charge in [0, 0.05) is 32.4 Å². The first kappa shape index (κ1) is 6.42. The Kier molecular flexibility index (Phi) is 2.39. The Hall–Kier alpha value is -0.700. The Labute approximate surface area is 55.0 Å². The van der Waals surface area contributed by atoms with Crippen molar-refractivity contribution in [3.8, 4) is 0 Å². The third-order valence-electron chi connectivity index (χ3n) is 1.43. The highest BCUT2D eigenvalue weighted by Gasteiger charge is 2.02. The van der Waals surface area contributed by atoms with E-state index in [4.69, 9.17) is 5.11 Å². The maximum absolute atomic E-state index is 8.38. The van der Waals surface area contributed by atoms with Crippen molar-refractivity contribution in [1.82, 2.24) is 10.2 Å². The smallest absolute Gasteiger partial charge is 0.0950 e. The number of aliphatic hydroxyl groups excluding tert-OH is 1. The summed E-state index contributed by atoms with van der Waals surface area (Å²) in [5.41, 5.74) is 0. The summed E-state index contributed by atoms with van der Waals surface area (Å²) in [7, 11) is 0. The molecule has 1 aliphatic heterocycles. The van der Waals surface area contributed by atoms with Gasteiger partial charge >= 0.3 is 0 Å². The highest BCUT2D eigenvalue weighted by atomic mass is 16.2. The monoisotopic (exact) mass is 128 g/mol. The van der Waals surface area contributed by atoms with E-state index < -0.39 is 0 Å². The lowest BCUT2D eigenvalue weighted by atomic mass is 10.4. The summed E-state index contributed by atoms with van der Waals surface area (Å²) in [4.78, 5) is 2.08. The second-order valence-electron chi connectivity index (χ2n) is 2.08. The molecular weight excluding hydrogens is 116 g/mol. The fourth-order valence-corrected chi connectivity index (χ4v) is 0.925. The van der Waals surface area contributed by atoms with Crippen molar-refractivity contribution in [2.45, 2.75) is 0 Å². The number of nitrogens with zero attached hydrogens (tertiary/aromatic N) is 1. The van der Waals surface area contributed by atoms with Crippen molar-refractivity contribution in [1.29, 1.82) is 0 Å².